The zero-order chi connectivity index (χ0) is 14.2. The van der Waals surface area contributed by atoms with Gasteiger partial charge in [0.05, 0.1) is 11.3 Å². The Balaban J connectivity index is 2.04. The summed E-state index contributed by atoms with van der Waals surface area (Å²) in [6.45, 7) is 0. The lowest BCUT2D eigenvalue weighted by Crippen LogP contribution is -2.42. The van der Waals surface area contributed by atoms with E-state index in [1.807, 2.05) is 0 Å². The quantitative estimate of drug-likeness (QED) is 0.889. The van der Waals surface area contributed by atoms with E-state index in [0.717, 1.165) is 18.2 Å². The summed E-state index contributed by atoms with van der Waals surface area (Å²) in [5, 5.41) is 10.8. The number of carboxylic acids is 1. The van der Waals surface area contributed by atoms with Crippen molar-refractivity contribution >= 4 is 17.6 Å². The molecule has 0 aliphatic heterocycles. The predicted octanol–water partition coefficient (Wildman–Crippen LogP) is 2.51. The van der Waals surface area contributed by atoms with Gasteiger partial charge in [0.2, 0.25) is 11.8 Å². The van der Waals surface area contributed by atoms with E-state index in [1.54, 1.807) is 0 Å². The molecule has 2 N–H and O–H groups in total. The van der Waals surface area contributed by atoms with Crippen molar-refractivity contribution in [3.8, 4) is 0 Å². The van der Waals surface area contributed by atoms with Crippen LogP contribution in [0.3, 0.4) is 0 Å². The number of halogens is 3. The number of rotatable bonds is 3. The van der Waals surface area contributed by atoms with Gasteiger partial charge in [0.15, 0.2) is 0 Å². The van der Waals surface area contributed by atoms with Gasteiger partial charge in [0.25, 0.3) is 0 Å². The van der Waals surface area contributed by atoms with Gasteiger partial charge >= 0.3 is 5.97 Å². The van der Waals surface area contributed by atoms with Crippen LogP contribution in [0.25, 0.3) is 0 Å². The monoisotopic (exact) mass is 273 g/mol. The van der Waals surface area contributed by atoms with Crippen molar-refractivity contribution < 1.29 is 27.9 Å². The Labute approximate surface area is 106 Å². The number of aromatic carboxylic acids is 1. The topological polar surface area (TPSA) is 66.4 Å². The van der Waals surface area contributed by atoms with Crippen molar-refractivity contribution in [1.82, 2.24) is 0 Å². The van der Waals surface area contributed by atoms with Crippen LogP contribution in [0.2, 0.25) is 0 Å². The zero-order valence-electron chi connectivity index (χ0n) is 9.62. The van der Waals surface area contributed by atoms with Crippen LogP contribution in [0.4, 0.5) is 18.9 Å². The Morgan fingerprint density at radius 2 is 1.95 bits per heavy atom. The number of alkyl halides is 2. The number of benzene rings is 1. The lowest BCUT2D eigenvalue weighted by molar-refractivity contribution is -0.145. The molecule has 1 aromatic rings. The molecule has 0 radical (unpaired) electrons. The summed E-state index contributed by atoms with van der Waals surface area (Å²) in [5.74, 6) is -6.57. The fraction of sp³-hybridized carbons (Fsp3) is 0.333. The summed E-state index contributed by atoms with van der Waals surface area (Å²) in [6.07, 6.45) is -1.10. The third kappa shape index (κ3) is 2.86. The maximum Gasteiger partial charge on any atom is 0.335 e. The summed E-state index contributed by atoms with van der Waals surface area (Å²) in [6, 6.07) is 2.97. The average Bonchev–Trinajstić information content (AvgIpc) is 2.28. The van der Waals surface area contributed by atoms with Gasteiger partial charge < -0.3 is 10.4 Å². The molecule has 0 spiro atoms. The lowest BCUT2D eigenvalue weighted by atomic mass is 9.81. The molecule has 1 aromatic carbocycles. The maximum atomic E-state index is 13.5. The van der Waals surface area contributed by atoms with Gasteiger partial charge in [-0.05, 0) is 18.2 Å². The van der Waals surface area contributed by atoms with Gasteiger partial charge in [-0.1, -0.05) is 0 Å². The molecule has 2 rings (SSSR count). The normalized spacial score (nSPS) is 17.6. The second-order valence-corrected chi connectivity index (χ2v) is 4.45. The number of hydrogen-bond donors (Lipinski definition) is 2. The molecule has 0 saturated heterocycles. The molecule has 1 amide bonds. The minimum Gasteiger partial charge on any atom is -0.478 e. The minimum atomic E-state index is -2.83. The van der Waals surface area contributed by atoms with Gasteiger partial charge in [-0.25, -0.2) is 18.0 Å². The molecule has 7 heteroatoms. The molecule has 1 aliphatic carbocycles. The van der Waals surface area contributed by atoms with Gasteiger partial charge in [-0.15, -0.1) is 0 Å². The number of amides is 1. The molecular formula is C12H10F3NO3. The molecule has 0 unspecified atom stereocenters. The highest BCUT2D eigenvalue weighted by Gasteiger charge is 2.48. The molecule has 0 atom stereocenters. The smallest absolute Gasteiger partial charge is 0.335 e. The highest BCUT2D eigenvalue weighted by Crippen LogP contribution is 2.42. The molecule has 0 aromatic heterocycles. The van der Waals surface area contributed by atoms with Crippen LogP contribution in [-0.4, -0.2) is 22.9 Å². The third-order valence-electron chi connectivity index (χ3n) is 2.93. The first-order chi connectivity index (χ1) is 8.78. The van der Waals surface area contributed by atoms with Crippen molar-refractivity contribution in [3.05, 3.63) is 29.6 Å². The molecule has 102 valence electrons. The van der Waals surface area contributed by atoms with E-state index < -0.39 is 42.4 Å². The molecule has 19 heavy (non-hydrogen) atoms. The van der Waals surface area contributed by atoms with Crippen LogP contribution in [0.1, 0.15) is 23.2 Å². The highest BCUT2D eigenvalue weighted by atomic mass is 19.3. The number of carboxylic acid groups (broad SMARTS) is 1. The van der Waals surface area contributed by atoms with Gasteiger partial charge in [0.1, 0.15) is 5.82 Å². The van der Waals surface area contributed by atoms with Gasteiger partial charge in [-0.3, -0.25) is 4.79 Å². The largest absolute Gasteiger partial charge is 0.478 e. The van der Waals surface area contributed by atoms with Crippen LogP contribution in [0.5, 0.6) is 0 Å². The van der Waals surface area contributed by atoms with Crippen LogP contribution in [-0.2, 0) is 4.79 Å². The molecular weight excluding hydrogens is 263 g/mol. The SMILES string of the molecule is O=C(O)c1ccc(NC(=O)C2CC(F)(F)C2)c(F)c1. The molecule has 1 fully saturated rings. The maximum absolute atomic E-state index is 13.5. The van der Waals surface area contributed by atoms with E-state index in [4.69, 9.17) is 5.11 Å². The summed E-state index contributed by atoms with van der Waals surface area (Å²) in [5.41, 5.74) is -0.476. The summed E-state index contributed by atoms with van der Waals surface area (Å²) < 4.78 is 38.7. The van der Waals surface area contributed by atoms with Crippen molar-refractivity contribution in [2.75, 3.05) is 5.32 Å². The highest BCUT2D eigenvalue weighted by molar-refractivity contribution is 5.94. The van der Waals surface area contributed by atoms with Crippen LogP contribution in [0, 0.1) is 11.7 Å². The third-order valence-corrected chi connectivity index (χ3v) is 2.93. The molecule has 1 saturated carbocycles. The summed E-state index contributed by atoms with van der Waals surface area (Å²) in [7, 11) is 0. The van der Waals surface area contributed by atoms with Crippen LogP contribution >= 0.6 is 0 Å². The number of carbonyl (C=O) groups excluding carboxylic acids is 1. The summed E-state index contributed by atoms with van der Waals surface area (Å²) in [4.78, 5) is 22.1. The van der Waals surface area contributed by atoms with E-state index in [2.05, 4.69) is 5.32 Å². The zero-order valence-corrected chi connectivity index (χ0v) is 9.62. The number of hydrogen-bond acceptors (Lipinski definition) is 2. The summed E-state index contributed by atoms with van der Waals surface area (Å²) >= 11 is 0. The van der Waals surface area contributed by atoms with Crippen molar-refractivity contribution in [2.24, 2.45) is 5.92 Å². The number of anilines is 1. The van der Waals surface area contributed by atoms with Gasteiger partial charge in [0, 0.05) is 18.8 Å². The molecule has 0 bridgehead atoms. The standard InChI is InChI=1S/C12H10F3NO3/c13-8-3-6(11(18)19)1-2-9(8)16-10(17)7-4-12(14,15)5-7/h1-3,7H,4-5H2,(H,16,17)(H,18,19). The number of nitrogens with one attached hydrogen (secondary N) is 1. The van der Waals surface area contributed by atoms with E-state index >= 15 is 0 Å². The number of carbonyl (C=O) groups is 2. The van der Waals surface area contributed by atoms with Crippen molar-refractivity contribution in [3.63, 3.8) is 0 Å². The Morgan fingerprint density at radius 1 is 1.32 bits per heavy atom. The van der Waals surface area contributed by atoms with Crippen molar-refractivity contribution in [1.29, 1.82) is 0 Å². The van der Waals surface area contributed by atoms with Crippen molar-refractivity contribution in [2.45, 2.75) is 18.8 Å². The first-order valence-electron chi connectivity index (χ1n) is 5.50. The van der Waals surface area contributed by atoms with Crippen LogP contribution in [0.15, 0.2) is 18.2 Å². The Bertz CT molecular complexity index is 537. The fourth-order valence-electron chi connectivity index (χ4n) is 1.83. The van der Waals surface area contributed by atoms with Gasteiger partial charge in [-0.2, -0.15) is 0 Å². The second-order valence-electron chi connectivity index (χ2n) is 4.45. The molecule has 1 aliphatic rings. The van der Waals surface area contributed by atoms with E-state index in [-0.39, 0.29) is 11.3 Å². The van der Waals surface area contributed by atoms with Crippen LogP contribution < -0.4 is 5.32 Å². The van der Waals surface area contributed by atoms with E-state index in [0.29, 0.717) is 0 Å². The Kier molecular flexibility index (Phi) is 3.21. The average molecular weight is 273 g/mol. The Hall–Kier alpha value is -2.05. The van der Waals surface area contributed by atoms with E-state index in [1.165, 1.54) is 0 Å². The predicted molar refractivity (Wildman–Crippen MR) is 59.7 cm³/mol. The fourth-order valence-corrected chi connectivity index (χ4v) is 1.83. The Morgan fingerprint density at radius 3 is 2.42 bits per heavy atom. The van der Waals surface area contributed by atoms with E-state index in [9.17, 15) is 22.8 Å². The lowest BCUT2D eigenvalue weighted by Gasteiger charge is -2.33. The second kappa shape index (κ2) is 4.56. The first kappa shape index (κ1) is 13.4. The molecule has 4 nitrogen and oxygen atoms in total. The molecule has 0 heterocycles. The minimum absolute atomic E-state index is 0.217. The first-order valence-corrected chi connectivity index (χ1v) is 5.50.